The molecule has 0 aliphatic heterocycles. The van der Waals surface area contributed by atoms with Crippen molar-refractivity contribution in [2.24, 2.45) is 17.8 Å². The van der Waals surface area contributed by atoms with Gasteiger partial charge in [-0.25, -0.2) is 0 Å². The zero-order chi connectivity index (χ0) is 15.9. The molecule has 0 spiro atoms. The first-order valence-electron chi connectivity index (χ1n) is 8.80. The minimum Gasteiger partial charge on any atom is -0.493 e. The van der Waals surface area contributed by atoms with Crippen LogP contribution in [-0.2, 0) is 4.79 Å². The summed E-state index contributed by atoms with van der Waals surface area (Å²) in [7, 11) is 0. The molecule has 4 saturated carbocycles. The highest BCUT2D eigenvalue weighted by molar-refractivity contribution is 9.10. The highest BCUT2D eigenvalue weighted by Crippen LogP contribution is 2.55. The van der Waals surface area contributed by atoms with Crippen LogP contribution in [0.3, 0.4) is 0 Å². The number of rotatable bonds is 5. The van der Waals surface area contributed by atoms with Gasteiger partial charge in [-0.3, -0.25) is 4.79 Å². The summed E-state index contributed by atoms with van der Waals surface area (Å²) in [6.07, 6.45) is 8.27. The number of halogens is 1. The SMILES string of the molecule is O=C(CCOc1cccc(Br)c1)NC12CC3CC(CC(C3)C1)C2. The van der Waals surface area contributed by atoms with E-state index in [1.165, 1.54) is 38.5 Å². The molecule has 0 radical (unpaired) electrons. The van der Waals surface area contributed by atoms with Gasteiger partial charge < -0.3 is 10.1 Å². The molecule has 124 valence electrons. The molecule has 0 saturated heterocycles. The third-order valence-corrected chi connectivity index (χ3v) is 6.33. The lowest BCUT2D eigenvalue weighted by Gasteiger charge is -2.56. The number of benzene rings is 1. The van der Waals surface area contributed by atoms with Gasteiger partial charge in [-0.15, -0.1) is 0 Å². The number of hydrogen-bond donors (Lipinski definition) is 1. The fourth-order valence-electron chi connectivity index (χ4n) is 5.44. The van der Waals surface area contributed by atoms with E-state index in [2.05, 4.69) is 21.2 Å². The van der Waals surface area contributed by atoms with Gasteiger partial charge >= 0.3 is 0 Å². The van der Waals surface area contributed by atoms with Gasteiger partial charge in [0.2, 0.25) is 5.91 Å². The first-order valence-corrected chi connectivity index (χ1v) is 9.59. The van der Waals surface area contributed by atoms with E-state index in [4.69, 9.17) is 4.74 Å². The largest absolute Gasteiger partial charge is 0.493 e. The molecule has 1 aromatic carbocycles. The highest BCUT2D eigenvalue weighted by atomic mass is 79.9. The monoisotopic (exact) mass is 377 g/mol. The normalized spacial score (nSPS) is 34.4. The van der Waals surface area contributed by atoms with Gasteiger partial charge in [-0.2, -0.15) is 0 Å². The Morgan fingerprint density at radius 3 is 2.43 bits per heavy atom. The minimum absolute atomic E-state index is 0.113. The molecule has 1 aromatic rings. The summed E-state index contributed by atoms with van der Waals surface area (Å²) in [5.74, 6) is 3.54. The van der Waals surface area contributed by atoms with Crippen molar-refractivity contribution in [2.75, 3.05) is 6.61 Å². The molecule has 4 heteroatoms. The van der Waals surface area contributed by atoms with E-state index >= 15 is 0 Å². The summed E-state index contributed by atoms with van der Waals surface area (Å²) >= 11 is 3.43. The zero-order valence-corrected chi connectivity index (χ0v) is 15.0. The first-order chi connectivity index (χ1) is 11.1. The van der Waals surface area contributed by atoms with E-state index in [0.29, 0.717) is 13.0 Å². The highest BCUT2D eigenvalue weighted by Gasteiger charge is 2.51. The summed E-state index contributed by atoms with van der Waals surface area (Å²) in [5.41, 5.74) is 0.113. The Bertz CT molecular complexity index is 566. The molecule has 0 unspecified atom stereocenters. The molecule has 0 heterocycles. The number of carbonyl (C=O) groups excluding carboxylic acids is 1. The lowest BCUT2D eigenvalue weighted by atomic mass is 9.53. The average Bonchev–Trinajstić information content (AvgIpc) is 2.45. The lowest BCUT2D eigenvalue weighted by Crippen LogP contribution is -2.59. The minimum atomic E-state index is 0.113. The Balaban J connectivity index is 1.29. The van der Waals surface area contributed by atoms with Gasteiger partial charge in [-0.05, 0) is 74.5 Å². The lowest BCUT2D eigenvalue weighted by molar-refractivity contribution is -0.127. The predicted octanol–water partition coefficient (Wildman–Crippen LogP) is 4.30. The van der Waals surface area contributed by atoms with E-state index in [1.54, 1.807) is 0 Å². The van der Waals surface area contributed by atoms with Crippen LogP contribution in [0, 0.1) is 17.8 Å². The number of hydrogen-bond acceptors (Lipinski definition) is 2. The second-order valence-corrected chi connectivity index (χ2v) is 8.72. The van der Waals surface area contributed by atoms with E-state index < -0.39 is 0 Å². The quantitative estimate of drug-likeness (QED) is 0.830. The molecule has 0 aromatic heterocycles. The van der Waals surface area contributed by atoms with E-state index in [9.17, 15) is 4.79 Å². The second-order valence-electron chi connectivity index (χ2n) is 7.80. The molecule has 5 rings (SSSR count). The first kappa shape index (κ1) is 15.5. The topological polar surface area (TPSA) is 38.3 Å². The summed E-state index contributed by atoms with van der Waals surface area (Å²) in [4.78, 5) is 12.4. The van der Waals surface area contributed by atoms with Crippen LogP contribution >= 0.6 is 15.9 Å². The Morgan fingerprint density at radius 2 is 1.83 bits per heavy atom. The van der Waals surface area contributed by atoms with Crippen LogP contribution in [0.25, 0.3) is 0 Å². The Labute approximate surface area is 146 Å². The molecular formula is C19H24BrNO2. The van der Waals surface area contributed by atoms with Crippen LogP contribution in [0.2, 0.25) is 0 Å². The van der Waals surface area contributed by atoms with Gasteiger partial charge in [-0.1, -0.05) is 22.0 Å². The molecule has 0 atom stereocenters. The maximum absolute atomic E-state index is 12.4. The summed E-state index contributed by atoms with van der Waals surface area (Å²) in [6.45, 7) is 0.439. The third kappa shape index (κ3) is 3.42. The molecule has 23 heavy (non-hydrogen) atoms. The summed E-state index contributed by atoms with van der Waals surface area (Å²) < 4.78 is 6.68. The predicted molar refractivity (Wildman–Crippen MR) is 93.3 cm³/mol. The van der Waals surface area contributed by atoms with Crippen molar-refractivity contribution in [3.63, 3.8) is 0 Å². The summed E-state index contributed by atoms with van der Waals surface area (Å²) in [5, 5.41) is 3.39. The van der Waals surface area contributed by atoms with Gasteiger partial charge in [0.15, 0.2) is 0 Å². The zero-order valence-electron chi connectivity index (χ0n) is 13.4. The summed E-state index contributed by atoms with van der Waals surface area (Å²) in [6, 6.07) is 7.75. The molecule has 4 fully saturated rings. The van der Waals surface area contributed by atoms with Crippen molar-refractivity contribution in [3.8, 4) is 5.75 Å². The Morgan fingerprint density at radius 1 is 1.17 bits per heavy atom. The van der Waals surface area contributed by atoms with Crippen LogP contribution in [0.4, 0.5) is 0 Å². The van der Waals surface area contributed by atoms with Crippen LogP contribution in [0.1, 0.15) is 44.9 Å². The average molecular weight is 378 g/mol. The van der Waals surface area contributed by atoms with E-state index in [-0.39, 0.29) is 11.4 Å². The van der Waals surface area contributed by atoms with Crippen LogP contribution < -0.4 is 10.1 Å². The van der Waals surface area contributed by atoms with Gasteiger partial charge in [0.25, 0.3) is 0 Å². The Hall–Kier alpha value is -1.03. The van der Waals surface area contributed by atoms with Crippen LogP contribution in [0.15, 0.2) is 28.7 Å². The van der Waals surface area contributed by atoms with Crippen LogP contribution in [-0.4, -0.2) is 18.1 Å². The van der Waals surface area contributed by atoms with Crippen molar-refractivity contribution in [3.05, 3.63) is 28.7 Å². The van der Waals surface area contributed by atoms with Gasteiger partial charge in [0.05, 0.1) is 13.0 Å². The van der Waals surface area contributed by atoms with Crippen LogP contribution in [0.5, 0.6) is 5.75 Å². The second kappa shape index (κ2) is 6.12. The number of nitrogens with one attached hydrogen (secondary N) is 1. The molecule has 4 bridgehead atoms. The maximum atomic E-state index is 12.4. The maximum Gasteiger partial charge on any atom is 0.223 e. The van der Waals surface area contributed by atoms with Crippen molar-refractivity contribution in [1.82, 2.24) is 5.32 Å². The smallest absolute Gasteiger partial charge is 0.223 e. The fraction of sp³-hybridized carbons (Fsp3) is 0.632. The number of ether oxygens (including phenoxy) is 1. The van der Waals surface area contributed by atoms with Crippen molar-refractivity contribution in [1.29, 1.82) is 0 Å². The van der Waals surface area contributed by atoms with E-state index in [1.807, 2.05) is 24.3 Å². The molecule has 1 N–H and O–H groups in total. The van der Waals surface area contributed by atoms with Crippen molar-refractivity contribution >= 4 is 21.8 Å². The van der Waals surface area contributed by atoms with E-state index in [0.717, 1.165) is 28.0 Å². The van der Waals surface area contributed by atoms with Gasteiger partial charge in [0, 0.05) is 10.0 Å². The van der Waals surface area contributed by atoms with Crippen molar-refractivity contribution in [2.45, 2.75) is 50.5 Å². The Kier molecular flexibility index (Phi) is 4.12. The number of amides is 1. The molecule has 4 aliphatic carbocycles. The molecule has 3 nitrogen and oxygen atoms in total. The fourth-order valence-corrected chi connectivity index (χ4v) is 5.82. The van der Waals surface area contributed by atoms with Gasteiger partial charge in [0.1, 0.15) is 5.75 Å². The number of carbonyl (C=O) groups is 1. The molecular weight excluding hydrogens is 354 g/mol. The molecule has 4 aliphatic rings. The van der Waals surface area contributed by atoms with Crippen molar-refractivity contribution < 1.29 is 9.53 Å². The molecule has 1 amide bonds. The third-order valence-electron chi connectivity index (χ3n) is 5.84. The standard InChI is InChI=1S/C19H24BrNO2/c20-16-2-1-3-17(9-16)23-5-4-18(22)21-19-10-13-6-14(11-19)8-15(7-13)12-19/h1-3,9,13-15H,4-8,10-12H2,(H,21,22).